The van der Waals surface area contributed by atoms with Crippen LogP contribution in [0.5, 0.6) is 0 Å². The van der Waals surface area contributed by atoms with E-state index >= 15 is 0 Å². The lowest BCUT2D eigenvalue weighted by Gasteiger charge is -2.14. The second-order valence-electron chi connectivity index (χ2n) is 3.14. The zero-order chi connectivity index (χ0) is 8.39. The van der Waals surface area contributed by atoms with Crippen LogP contribution in [0, 0.1) is 0 Å². The largest absolute Gasteiger partial charge is 0.416 e. The van der Waals surface area contributed by atoms with Gasteiger partial charge in [0.15, 0.2) is 0 Å². The Morgan fingerprint density at radius 1 is 1.33 bits per heavy atom. The summed E-state index contributed by atoms with van der Waals surface area (Å²) in [6.45, 7) is 2.14. The Labute approximate surface area is 73.2 Å². The van der Waals surface area contributed by atoms with Crippen LogP contribution in [0.1, 0.15) is 18.6 Å². The average Bonchev–Trinajstić information content (AvgIpc) is 2.53. The average molecular weight is 161 g/mol. The quantitative estimate of drug-likeness (QED) is 0.620. The van der Waals surface area contributed by atoms with Gasteiger partial charge < -0.3 is 9.88 Å². The Hall–Kier alpha value is -0.795. The van der Waals surface area contributed by atoms with E-state index in [-0.39, 0.29) is 6.10 Å². The Morgan fingerprint density at radius 2 is 2.08 bits per heavy atom. The second kappa shape index (κ2) is 3.29. The molecule has 1 aliphatic heterocycles. The maximum Gasteiger partial charge on any atom is 0.361 e. The fraction of sp³-hybridized carbons (Fsp3) is 0.333. The van der Waals surface area contributed by atoms with Crippen LogP contribution in [0.2, 0.25) is 0 Å². The third-order valence-corrected chi connectivity index (χ3v) is 2.25. The van der Waals surface area contributed by atoms with E-state index in [1.165, 1.54) is 5.56 Å². The van der Waals surface area contributed by atoms with Gasteiger partial charge in [-0.15, -0.1) is 0 Å². The van der Waals surface area contributed by atoms with E-state index in [4.69, 9.17) is 4.65 Å². The van der Waals surface area contributed by atoms with Crippen LogP contribution in [0.25, 0.3) is 0 Å². The highest BCUT2D eigenvalue weighted by atomic mass is 16.5. The lowest BCUT2D eigenvalue weighted by Crippen LogP contribution is -2.22. The molecule has 1 aromatic rings. The predicted octanol–water partition coefficient (Wildman–Crippen LogP) is 1.00. The molecule has 0 bridgehead atoms. The summed E-state index contributed by atoms with van der Waals surface area (Å²) in [5, 5.41) is 3.25. The third kappa shape index (κ3) is 1.38. The maximum absolute atomic E-state index is 5.54. The molecule has 0 radical (unpaired) electrons. The summed E-state index contributed by atoms with van der Waals surface area (Å²) in [5.41, 5.74) is 1.26. The minimum absolute atomic E-state index is 0.228. The summed E-state index contributed by atoms with van der Waals surface area (Å²) in [6.07, 6.45) is 0.228. The first-order valence-electron chi connectivity index (χ1n) is 4.28. The Bertz CT molecular complexity index is 252. The molecule has 0 aliphatic carbocycles. The summed E-state index contributed by atoms with van der Waals surface area (Å²) in [4.78, 5) is 0. The topological polar surface area (TPSA) is 21.3 Å². The molecule has 1 aliphatic rings. The van der Waals surface area contributed by atoms with Gasteiger partial charge in [-0.05, 0) is 12.5 Å². The molecule has 0 aromatic heterocycles. The van der Waals surface area contributed by atoms with Gasteiger partial charge in [0.1, 0.15) is 0 Å². The lowest BCUT2D eigenvalue weighted by molar-refractivity contribution is 0.228. The van der Waals surface area contributed by atoms with Crippen LogP contribution in [-0.4, -0.2) is 13.7 Å². The molecule has 1 heterocycles. The number of nitrogens with one attached hydrogen (secondary N) is 1. The zero-order valence-electron chi connectivity index (χ0n) is 7.16. The number of hydrogen-bond acceptors (Lipinski definition) is 2. The minimum atomic E-state index is 0.228. The van der Waals surface area contributed by atoms with Crippen LogP contribution in [0.4, 0.5) is 0 Å². The van der Waals surface area contributed by atoms with E-state index in [1.807, 2.05) is 18.2 Å². The third-order valence-electron chi connectivity index (χ3n) is 2.25. The van der Waals surface area contributed by atoms with Gasteiger partial charge in [0.2, 0.25) is 0 Å². The molecule has 3 heteroatoms. The van der Waals surface area contributed by atoms with Crippen LogP contribution in [0.3, 0.4) is 0 Å². The van der Waals surface area contributed by atoms with Crippen molar-refractivity contribution in [2.24, 2.45) is 0 Å². The highest BCUT2D eigenvalue weighted by Gasteiger charge is 2.25. The van der Waals surface area contributed by atoms with Crippen LogP contribution >= 0.6 is 0 Å². The van der Waals surface area contributed by atoms with Gasteiger partial charge in [-0.3, -0.25) is 0 Å². The number of benzene rings is 1. The molecule has 0 unspecified atom stereocenters. The molecule has 1 N–H and O–H groups in total. The molecular formula is C9H12BNO. The standard InChI is InChI=1S/C9H12BNO/c1-7-9(12-10-11-7)8-5-3-2-4-6-8/h2-7,9-11H,1H3/t7-,9-/m0/s1. The van der Waals surface area contributed by atoms with Gasteiger partial charge >= 0.3 is 7.62 Å². The number of hydrogen-bond donors (Lipinski definition) is 1. The summed E-state index contributed by atoms with van der Waals surface area (Å²) < 4.78 is 5.54. The van der Waals surface area contributed by atoms with Gasteiger partial charge in [-0.1, -0.05) is 30.3 Å². The van der Waals surface area contributed by atoms with Crippen LogP contribution in [0.15, 0.2) is 30.3 Å². The van der Waals surface area contributed by atoms with Gasteiger partial charge in [0, 0.05) is 6.04 Å². The van der Waals surface area contributed by atoms with Gasteiger partial charge in [0.05, 0.1) is 6.10 Å². The Kier molecular flexibility index (Phi) is 2.15. The van der Waals surface area contributed by atoms with Crippen molar-refractivity contribution >= 4 is 7.62 Å². The maximum atomic E-state index is 5.54. The van der Waals surface area contributed by atoms with Crippen molar-refractivity contribution in [1.82, 2.24) is 5.23 Å². The SMILES string of the molecule is C[C@@H]1NBO[C@@H]1c1ccccc1. The normalized spacial score (nSPS) is 28.4. The van der Waals surface area contributed by atoms with Crippen LogP contribution < -0.4 is 5.23 Å². The molecule has 62 valence electrons. The molecular weight excluding hydrogens is 149 g/mol. The smallest absolute Gasteiger partial charge is 0.361 e. The van der Waals surface area contributed by atoms with E-state index in [0.29, 0.717) is 13.7 Å². The first-order valence-corrected chi connectivity index (χ1v) is 4.28. The lowest BCUT2D eigenvalue weighted by atomic mass is 10.0. The van der Waals surface area contributed by atoms with Crippen LogP contribution in [-0.2, 0) is 4.65 Å². The van der Waals surface area contributed by atoms with Crippen molar-refractivity contribution in [3.8, 4) is 0 Å². The fourth-order valence-electron chi connectivity index (χ4n) is 1.55. The van der Waals surface area contributed by atoms with Crippen molar-refractivity contribution in [1.29, 1.82) is 0 Å². The molecule has 1 aromatic carbocycles. The molecule has 12 heavy (non-hydrogen) atoms. The van der Waals surface area contributed by atoms with Gasteiger partial charge in [-0.25, -0.2) is 0 Å². The summed E-state index contributed by atoms with van der Waals surface area (Å²) >= 11 is 0. The van der Waals surface area contributed by atoms with E-state index in [1.54, 1.807) is 0 Å². The van der Waals surface area contributed by atoms with Crippen molar-refractivity contribution in [2.75, 3.05) is 0 Å². The highest BCUT2D eigenvalue weighted by molar-refractivity contribution is 6.24. The number of rotatable bonds is 1. The summed E-state index contributed by atoms with van der Waals surface area (Å²) in [5.74, 6) is 0. The zero-order valence-corrected chi connectivity index (χ0v) is 7.16. The van der Waals surface area contributed by atoms with E-state index in [2.05, 4.69) is 24.3 Å². The Balaban J connectivity index is 2.19. The van der Waals surface area contributed by atoms with Gasteiger partial charge in [-0.2, -0.15) is 0 Å². The molecule has 1 saturated heterocycles. The fourth-order valence-corrected chi connectivity index (χ4v) is 1.55. The highest BCUT2D eigenvalue weighted by Crippen LogP contribution is 2.23. The van der Waals surface area contributed by atoms with E-state index in [9.17, 15) is 0 Å². The monoisotopic (exact) mass is 161 g/mol. The molecule has 2 nitrogen and oxygen atoms in total. The Morgan fingerprint density at radius 3 is 2.67 bits per heavy atom. The first kappa shape index (κ1) is 7.83. The first-order chi connectivity index (χ1) is 5.88. The molecule has 2 rings (SSSR count). The molecule has 0 amide bonds. The molecule has 0 spiro atoms. The summed E-state index contributed by atoms with van der Waals surface area (Å²) in [7, 11) is 0.667. The molecule has 2 atom stereocenters. The van der Waals surface area contributed by atoms with Crippen molar-refractivity contribution in [3.63, 3.8) is 0 Å². The molecule has 1 fully saturated rings. The van der Waals surface area contributed by atoms with E-state index < -0.39 is 0 Å². The minimum Gasteiger partial charge on any atom is -0.416 e. The summed E-state index contributed by atoms with van der Waals surface area (Å²) in [6, 6.07) is 10.7. The second-order valence-corrected chi connectivity index (χ2v) is 3.14. The van der Waals surface area contributed by atoms with Gasteiger partial charge in [0.25, 0.3) is 0 Å². The van der Waals surface area contributed by atoms with Crippen molar-refractivity contribution in [2.45, 2.75) is 19.1 Å². The van der Waals surface area contributed by atoms with Crippen molar-refractivity contribution in [3.05, 3.63) is 35.9 Å². The predicted molar refractivity (Wildman–Crippen MR) is 50.0 cm³/mol. The molecule has 0 saturated carbocycles. The van der Waals surface area contributed by atoms with Crippen molar-refractivity contribution < 1.29 is 4.65 Å². The van der Waals surface area contributed by atoms with E-state index in [0.717, 1.165) is 0 Å².